The minimum atomic E-state index is -4.49. The molecule has 0 atom stereocenters. The summed E-state index contributed by atoms with van der Waals surface area (Å²) in [6.07, 6.45) is -6.39. The third kappa shape index (κ3) is 7.31. The smallest absolute Gasteiger partial charge is 0.371 e. The summed E-state index contributed by atoms with van der Waals surface area (Å²) in [4.78, 5) is 0. The van der Waals surface area contributed by atoms with Crippen LogP contribution in [0.4, 0.5) is 26.3 Å². The molecule has 1 nitrogen and oxygen atoms in total. The van der Waals surface area contributed by atoms with Gasteiger partial charge < -0.3 is 4.74 Å². The molecule has 29 heavy (non-hydrogen) atoms. The van der Waals surface area contributed by atoms with Gasteiger partial charge in [-0.25, -0.2) is 0 Å². The van der Waals surface area contributed by atoms with Gasteiger partial charge in [0.2, 0.25) is 0 Å². The van der Waals surface area contributed by atoms with Gasteiger partial charge >= 0.3 is 12.4 Å². The molecule has 9 heteroatoms. The largest absolute Gasteiger partial charge is 0.416 e. The third-order valence-electron chi connectivity index (χ3n) is 3.64. The lowest BCUT2D eigenvalue weighted by Gasteiger charge is -2.11. The topological polar surface area (TPSA) is 9.23 Å². The minimum absolute atomic E-state index is 0.0239. The Balaban J connectivity index is 2.04. The van der Waals surface area contributed by atoms with Crippen molar-refractivity contribution in [1.29, 1.82) is 0 Å². The van der Waals surface area contributed by atoms with E-state index in [2.05, 4.69) is 31.9 Å². The van der Waals surface area contributed by atoms with Crippen molar-refractivity contribution in [3.63, 3.8) is 0 Å². The van der Waals surface area contributed by atoms with Crippen molar-refractivity contribution < 1.29 is 31.1 Å². The Bertz CT molecular complexity index is 827. The van der Waals surface area contributed by atoms with Crippen LogP contribution in [0.1, 0.15) is 22.3 Å². The highest BCUT2D eigenvalue weighted by Gasteiger charge is 2.33. The molecule has 2 aromatic carbocycles. The molecule has 156 valence electrons. The van der Waals surface area contributed by atoms with Crippen molar-refractivity contribution >= 4 is 44.0 Å². The molecule has 0 radical (unpaired) electrons. The van der Waals surface area contributed by atoms with Gasteiger partial charge in [0.05, 0.1) is 24.3 Å². The second-order valence-corrected chi connectivity index (χ2v) is 7.88. The third-order valence-corrected chi connectivity index (χ3v) is 4.55. The van der Waals surface area contributed by atoms with Gasteiger partial charge in [-0.2, -0.15) is 26.3 Å². The van der Waals surface area contributed by atoms with E-state index in [0.29, 0.717) is 8.96 Å². The molecule has 0 aliphatic carbocycles. The highest BCUT2D eigenvalue weighted by Crippen LogP contribution is 2.34. The molecule has 0 heterocycles. The molecule has 2 aromatic rings. The van der Waals surface area contributed by atoms with E-state index in [-0.39, 0.29) is 24.3 Å². The van der Waals surface area contributed by atoms with Crippen LogP contribution in [0, 0.1) is 0 Å². The van der Waals surface area contributed by atoms with Crippen LogP contribution in [0.5, 0.6) is 0 Å². The highest BCUT2D eigenvalue weighted by atomic mass is 79.9. The van der Waals surface area contributed by atoms with Gasteiger partial charge in [-0.15, -0.1) is 0 Å². The van der Waals surface area contributed by atoms with Gasteiger partial charge in [-0.05, 0) is 35.4 Å². The molecular weight excluding hydrogens is 530 g/mol. The van der Waals surface area contributed by atoms with Gasteiger partial charge in [0.15, 0.2) is 0 Å². The molecule has 0 fully saturated rings. The number of benzene rings is 2. The van der Waals surface area contributed by atoms with Crippen LogP contribution in [-0.2, 0) is 17.1 Å². The first kappa shape index (κ1) is 23.7. The molecule has 2 rings (SSSR count). The van der Waals surface area contributed by atoms with E-state index in [1.165, 1.54) is 48.6 Å². The molecule has 0 N–H and O–H groups in total. The molecule has 0 unspecified atom stereocenters. The molecule has 0 aliphatic heterocycles. The van der Waals surface area contributed by atoms with Gasteiger partial charge in [-0.1, -0.05) is 68.3 Å². The Labute approximate surface area is 180 Å². The first-order valence-corrected chi connectivity index (χ1v) is 9.69. The van der Waals surface area contributed by atoms with E-state index in [1.54, 1.807) is 0 Å². The van der Waals surface area contributed by atoms with E-state index in [4.69, 9.17) is 4.74 Å². The molecule has 0 aromatic heterocycles. The van der Waals surface area contributed by atoms with Crippen molar-refractivity contribution in [3.8, 4) is 0 Å². The van der Waals surface area contributed by atoms with Crippen LogP contribution >= 0.6 is 31.9 Å². The maximum absolute atomic E-state index is 13.0. The first-order valence-electron chi connectivity index (χ1n) is 8.11. The normalized spacial score (nSPS) is 13.7. The van der Waals surface area contributed by atoms with E-state index in [1.807, 2.05) is 0 Å². The van der Waals surface area contributed by atoms with Crippen molar-refractivity contribution in [2.75, 3.05) is 13.2 Å². The predicted molar refractivity (Wildman–Crippen MR) is 108 cm³/mol. The number of rotatable bonds is 6. The van der Waals surface area contributed by atoms with Gasteiger partial charge in [0, 0.05) is 8.96 Å². The Morgan fingerprint density at radius 2 is 1.03 bits per heavy atom. The quantitative estimate of drug-likeness (QED) is 0.336. The number of halogens is 8. The molecule has 0 spiro atoms. The SMILES string of the molecule is FC(F)(F)c1ccccc1/C=C(\Br)COC/C(Br)=C/c1ccccc1C(F)(F)F. The molecule has 0 saturated heterocycles. The first-order chi connectivity index (χ1) is 13.5. The average Bonchev–Trinajstić information content (AvgIpc) is 2.60. The van der Waals surface area contributed by atoms with Gasteiger partial charge in [0.25, 0.3) is 0 Å². The van der Waals surface area contributed by atoms with E-state index in [0.717, 1.165) is 12.1 Å². The molecule has 0 saturated carbocycles. The van der Waals surface area contributed by atoms with Crippen molar-refractivity contribution in [2.45, 2.75) is 12.4 Å². The van der Waals surface area contributed by atoms with Gasteiger partial charge in [0.1, 0.15) is 0 Å². The Morgan fingerprint density at radius 1 is 0.690 bits per heavy atom. The number of ether oxygens (including phenoxy) is 1. The van der Waals surface area contributed by atoms with Crippen molar-refractivity contribution in [2.24, 2.45) is 0 Å². The Kier molecular flexibility index (Phi) is 8.13. The lowest BCUT2D eigenvalue weighted by Crippen LogP contribution is -2.07. The fourth-order valence-electron chi connectivity index (χ4n) is 2.43. The van der Waals surface area contributed by atoms with Crippen LogP contribution in [0.25, 0.3) is 12.2 Å². The summed E-state index contributed by atoms with van der Waals surface area (Å²) in [7, 11) is 0. The van der Waals surface area contributed by atoms with E-state index < -0.39 is 23.5 Å². The molecule has 0 aliphatic rings. The second kappa shape index (κ2) is 9.95. The fraction of sp³-hybridized carbons (Fsp3) is 0.200. The van der Waals surface area contributed by atoms with Crippen molar-refractivity contribution in [1.82, 2.24) is 0 Å². The highest BCUT2D eigenvalue weighted by molar-refractivity contribution is 9.12. The second-order valence-electron chi connectivity index (χ2n) is 5.85. The Morgan fingerprint density at radius 3 is 1.38 bits per heavy atom. The number of hydrogen-bond acceptors (Lipinski definition) is 1. The monoisotopic (exact) mass is 542 g/mol. The van der Waals surface area contributed by atoms with Crippen LogP contribution in [0.2, 0.25) is 0 Å². The summed E-state index contributed by atoms with van der Waals surface area (Å²) in [6, 6.07) is 10.2. The summed E-state index contributed by atoms with van der Waals surface area (Å²) in [5.41, 5.74) is -1.60. The zero-order valence-electron chi connectivity index (χ0n) is 14.6. The van der Waals surface area contributed by atoms with E-state index in [9.17, 15) is 26.3 Å². The number of alkyl halides is 6. The fourth-order valence-corrected chi connectivity index (χ4v) is 3.25. The average molecular weight is 544 g/mol. The lowest BCUT2D eigenvalue weighted by atomic mass is 10.1. The van der Waals surface area contributed by atoms with Crippen LogP contribution in [0.3, 0.4) is 0 Å². The predicted octanol–water partition coefficient (Wildman–Crippen LogP) is 7.91. The lowest BCUT2D eigenvalue weighted by molar-refractivity contribution is -0.138. The minimum Gasteiger partial charge on any atom is -0.371 e. The summed E-state index contributed by atoms with van der Waals surface area (Å²) in [5.74, 6) is 0. The Hall–Kier alpha value is -1.58. The van der Waals surface area contributed by atoms with Gasteiger partial charge in [-0.3, -0.25) is 0 Å². The number of hydrogen-bond donors (Lipinski definition) is 0. The zero-order chi connectivity index (χ0) is 21.7. The van der Waals surface area contributed by atoms with E-state index >= 15 is 0 Å². The van der Waals surface area contributed by atoms with Crippen LogP contribution in [-0.4, -0.2) is 13.2 Å². The summed E-state index contributed by atoms with van der Waals surface area (Å²) in [5, 5.41) is 0. The molecular formula is C20H14Br2F6O. The maximum atomic E-state index is 13.0. The van der Waals surface area contributed by atoms with Crippen molar-refractivity contribution in [3.05, 3.63) is 79.7 Å². The van der Waals surface area contributed by atoms with Crippen LogP contribution in [0.15, 0.2) is 57.5 Å². The summed E-state index contributed by atoms with van der Waals surface area (Å²) in [6.45, 7) is -0.119. The summed E-state index contributed by atoms with van der Waals surface area (Å²) >= 11 is 6.31. The maximum Gasteiger partial charge on any atom is 0.416 e. The standard InChI is InChI=1S/C20H14Br2F6O/c21-15(9-13-5-1-3-7-17(13)19(23,24)25)11-29-12-16(22)10-14-6-2-4-8-18(14)20(26,27)28/h1-10H,11-12H2/b15-9-,16-10-. The molecule has 0 amide bonds. The molecule has 0 bridgehead atoms. The van der Waals surface area contributed by atoms with Crippen LogP contribution < -0.4 is 0 Å². The summed E-state index contributed by atoms with van der Waals surface area (Å²) < 4.78 is 84.1. The zero-order valence-corrected chi connectivity index (χ0v) is 17.8.